The fourth-order valence-electron chi connectivity index (χ4n) is 2.40. The zero-order valence-electron chi connectivity index (χ0n) is 12.0. The standard InChI is InChI=1S/C16H12F3N3O/c1-9(23)22-12-4-2-3-10(5-12)13-6-11(16(17,18)19)7-14-15(13)21-8-20-14/h2-8H,1H3,(H,20,21)(H,22,23). The van der Waals surface area contributed by atoms with E-state index in [0.29, 0.717) is 27.8 Å². The van der Waals surface area contributed by atoms with Crippen LogP contribution in [0.2, 0.25) is 0 Å². The van der Waals surface area contributed by atoms with Gasteiger partial charge in [-0.25, -0.2) is 4.98 Å². The van der Waals surface area contributed by atoms with Crippen LogP contribution in [0.25, 0.3) is 22.2 Å². The van der Waals surface area contributed by atoms with Crippen molar-refractivity contribution in [2.45, 2.75) is 13.1 Å². The third-order valence-corrected chi connectivity index (χ3v) is 3.34. The molecule has 0 radical (unpaired) electrons. The second kappa shape index (κ2) is 5.42. The van der Waals surface area contributed by atoms with Crippen molar-refractivity contribution >= 4 is 22.6 Å². The number of benzene rings is 2. The highest BCUT2D eigenvalue weighted by atomic mass is 19.4. The number of hydrogen-bond donors (Lipinski definition) is 2. The van der Waals surface area contributed by atoms with Crippen molar-refractivity contribution in [3.63, 3.8) is 0 Å². The van der Waals surface area contributed by atoms with E-state index in [0.717, 1.165) is 12.1 Å². The van der Waals surface area contributed by atoms with Crippen molar-refractivity contribution in [1.82, 2.24) is 9.97 Å². The topological polar surface area (TPSA) is 57.8 Å². The van der Waals surface area contributed by atoms with E-state index >= 15 is 0 Å². The van der Waals surface area contributed by atoms with Crippen LogP contribution < -0.4 is 5.32 Å². The molecule has 1 aromatic heterocycles. The number of carbonyl (C=O) groups excluding carboxylic acids is 1. The van der Waals surface area contributed by atoms with Gasteiger partial charge in [0.1, 0.15) is 0 Å². The zero-order valence-corrected chi connectivity index (χ0v) is 12.0. The highest BCUT2D eigenvalue weighted by Gasteiger charge is 2.31. The van der Waals surface area contributed by atoms with Crippen molar-refractivity contribution in [2.24, 2.45) is 0 Å². The third kappa shape index (κ3) is 3.03. The van der Waals surface area contributed by atoms with E-state index in [1.165, 1.54) is 13.3 Å². The molecule has 0 unspecified atom stereocenters. The van der Waals surface area contributed by atoms with Crippen molar-refractivity contribution in [1.29, 1.82) is 0 Å². The molecule has 0 aliphatic carbocycles. The lowest BCUT2D eigenvalue weighted by Crippen LogP contribution is -2.06. The number of carbonyl (C=O) groups is 1. The van der Waals surface area contributed by atoms with Crippen LogP contribution in [0, 0.1) is 0 Å². The van der Waals surface area contributed by atoms with Gasteiger partial charge in [0.05, 0.1) is 22.9 Å². The molecule has 0 atom stereocenters. The van der Waals surface area contributed by atoms with E-state index in [9.17, 15) is 18.0 Å². The van der Waals surface area contributed by atoms with Gasteiger partial charge in [0, 0.05) is 18.2 Å². The lowest BCUT2D eigenvalue weighted by molar-refractivity contribution is -0.137. The van der Waals surface area contributed by atoms with Crippen LogP contribution in [0.1, 0.15) is 12.5 Å². The lowest BCUT2D eigenvalue weighted by Gasteiger charge is -2.11. The molecule has 1 heterocycles. The Morgan fingerprint density at radius 3 is 2.70 bits per heavy atom. The number of nitrogens with zero attached hydrogens (tertiary/aromatic N) is 1. The lowest BCUT2D eigenvalue weighted by atomic mass is 10.0. The molecule has 0 aliphatic heterocycles. The summed E-state index contributed by atoms with van der Waals surface area (Å²) < 4.78 is 39.2. The maximum absolute atomic E-state index is 13.1. The highest BCUT2D eigenvalue weighted by Crippen LogP contribution is 2.36. The first-order valence-corrected chi connectivity index (χ1v) is 6.77. The van der Waals surface area contributed by atoms with Crippen LogP contribution >= 0.6 is 0 Å². The molecule has 4 nitrogen and oxygen atoms in total. The first-order valence-electron chi connectivity index (χ1n) is 6.77. The molecule has 118 valence electrons. The SMILES string of the molecule is CC(=O)Nc1cccc(-c2cc(C(F)(F)F)cc3[nH]cnc23)c1. The first kappa shape index (κ1) is 15.1. The monoisotopic (exact) mass is 319 g/mol. The molecule has 0 saturated heterocycles. The van der Waals surface area contributed by atoms with Gasteiger partial charge in [0.15, 0.2) is 0 Å². The number of H-pyrrole nitrogens is 1. The quantitative estimate of drug-likeness (QED) is 0.743. The van der Waals surface area contributed by atoms with Crippen LogP contribution in [-0.2, 0) is 11.0 Å². The molecule has 23 heavy (non-hydrogen) atoms. The van der Waals surface area contributed by atoms with Crippen LogP contribution in [0.15, 0.2) is 42.7 Å². The number of halogens is 3. The fourth-order valence-corrected chi connectivity index (χ4v) is 2.40. The van der Waals surface area contributed by atoms with Gasteiger partial charge in [-0.15, -0.1) is 0 Å². The van der Waals surface area contributed by atoms with E-state index in [1.54, 1.807) is 24.3 Å². The van der Waals surface area contributed by atoms with E-state index in [-0.39, 0.29) is 5.91 Å². The minimum atomic E-state index is -4.46. The number of rotatable bonds is 2. The number of nitrogens with one attached hydrogen (secondary N) is 2. The van der Waals surface area contributed by atoms with E-state index in [2.05, 4.69) is 15.3 Å². The number of aromatic nitrogens is 2. The molecule has 0 spiro atoms. The molecule has 3 rings (SSSR count). The van der Waals surface area contributed by atoms with Crippen molar-refractivity contribution in [2.75, 3.05) is 5.32 Å². The summed E-state index contributed by atoms with van der Waals surface area (Å²) in [7, 11) is 0. The number of amides is 1. The van der Waals surface area contributed by atoms with Crippen molar-refractivity contribution in [3.8, 4) is 11.1 Å². The van der Waals surface area contributed by atoms with Crippen LogP contribution in [0.4, 0.5) is 18.9 Å². The molecule has 3 aromatic rings. The van der Waals surface area contributed by atoms with Crippen LogP contribution in [0.3, 0.4) is 0 Å². The summed E-state index contributed by atoms with van der Waals surface area (Å²) in [5, 5.41) is 2.61. The fraction of sp³-hybridized carbons (Fsp3) is 0.125. The molecular formula is C16H12F3N3O. The average molecular weight is 319 g/mol. The number of imidazole rings is 1. The Morgan fingerprint density at radius 1 is 1.22 bits per heavy atom. The molecule has 2 N–H and O–H groups in total. The smallest absolute Gasteiger partial charge is 0.345 e. The van der Waals surface area contributed by atoms with Gasteiger partial charge in [0.2, 0.25) is 5.91 Å². The molecule has 0 saturated carbocycles. The molecule has 1 amide bonds. The number of aromatic amines is 1. The summed E-state index contributed by atoms with van der Waals surface area (Å²) in [6.07, 6.45) is -3.10. The minimum absolute atomic E-state index is 0.254. The van der Waals surface area contributed by atoms with E-state index in [1.807, 2.05) is 0 Å². The number of alkyl halides is 3. The zero-order chi connectivity index (χ0) is 16.6. The van der Waals surface area contributed by atoms with Crippen molar-refractivity contribution in [3.05, 3.63) is 48.3 Å². The summed E-state index contributed by atoms with van der Waals surface area (Å²) in [6, 6.07) is 8.72. The Bertz CT molecular complexity index is 884. The van der Waals surface area contributed by atoms with Gasteiger partial charge in [-0.3, -0.25) is 4.79 Å². The Kier molecular flexibility index (Phi) is 3.55. The second-order valence-corrected chi connectivity index (χ2v) is 5.08. The number of fused-ring (bicyclic) bond motifs is 1. The first-order chi connectivity index (χ1) is 10.8. The summed E-state index contributed by atoms with van der Waals surface area (Å²) in [6.45, 7) is 1.36. The number of hydrogen-bond acceptors (Lipinski definition) is 2. The van der Waals surface area contributed by atoms with E-state index in [4.69, 9.17) is 0 Å². The Labute approximate surface area is 129 Å². The largest absolute Gasteiger partial charge is 0.416 e. The third-order valence-electron chi connectivity index (χ3n) is 3.34. The van der Waals surface area contributed by atoms with E-state index < -0.39 is 11.7 Å². The van der Waals surface area contributed by atoms with Gasteiger partial charge in [-0.1, -0.05) is 12.1 Å². The van der Waals surface area contributed by atoms with Gasteiger partial charge < -0.3 is 10.3 Å². The molecule has 0 fully saturated rings. The molecule has 2 aromatic carbocycles. The Hall–Kier alpha value is -2.83. The summed E-state index contributed by atoms with van der Waals surface area (Å²) >= 11 is 0. The molecular weight excluding hydrogens is 307 g/mol. The molecule has 0 bridgehead atoms. The van der Waals surface area contributed by atoms with Crippen LogP contribution in [0.5, 0.6) is 0 Å². The maximum Gasteiger partial charge on any atom is 0.416 e. The number of anilines is 1. The predicted molar refractivity (Wildman–Crippen MR) is 80.8 cm³/mol. The molecule has 7 heteroatoms. The Morgan fingerprint density at radius 2 is 2.00 bits per heavy atom. The van der Waals surface area contributed by atoms with Gasteiger partial charge >= 0.3 is 6.18 Å². The van der Waals surface area contributed by atoms with Gasteiger partial charge in [-0.2, -0.15) is 13.2 Å². The second-order valence-electron chi connectivity index (χ2n) is 5.08. The normalized spacial score (nSPS) is 11.7. The maximum atomic E-state index is 13.1. The summed E-state index contributed by atoms with van der Waals surface area (Å²) in [4.78, 5) is 17.9. The minimum Gasteiger partial charge on any atom is -0.345 e. The van der Waals surface area contributed by atoms with Gasteiger partial charge in [0.25, 0.3) is 0 Å². The van der Waals surface area contributed by atoms with Gasteiger partial charge in [-0.05, 0) is 29.8 Å². The predicted octanol–water partition coefficient (Wildman–Crippen LogP) is 4.21. The van der Waals surface area contributed by atoms with Crippen LogP contribution in [-0.4, -0.2) is 15.9 Å². The summed E-state index contributed by atoms with van der Waals surface area (Å²) in [5.74, 6) is -0.254. The Balaban J connectivity index is 2.19. The highest BCUT2D eigenvalue weighted by molar-refractivity contribution is 5.94. The van der Waals surface area contributed by atoms with Crippen molar-refractivity contribution < 1.29 is 18.0 Å². The molecule has 0 aliphatic rings. The summed E-state index contributed by atoms with van der Waals surface area (Å²) in [5.41, 5.74) is 1.39. The average Bonchev–Trinajstić information content (AvgIpc) is 2.93.